The van der Waals surface area contributed by atoms with E-state index in [1.165, 1.54) is 0 Å². The molecule has 0 radical (unpaired) electrons. The first-order valence-electron chi connectivity index (χ1n) is 7.86. The monoisotopic (exact) mass is 299 g/mol. The largest absolute Gasteiger partial charge is 0.409 e. The lowest BCUT2D eigenvalue weighted by Crippen LogP contribution is -2.55. The smallest absolute Gasteiger partial charge is 0.236 e. The van der Waals surface area contributed by atoms with Gasteiger partial charge in [0, 0.05) is 25.8 Å². The van der Waals surface area contributed by atoms with Gasteiger partial charge in [-0.25, -0.2) is 0 Å². The van der Waals surface area contributed by atoms with E-state index in [0.29, 0.717) is 32.6 Å². The molecule has 0 aromatic heterocycles. The van der Waals surface area contributed by atoms with E-state index in [1.807, 2.05) is 18.7 Å². The quantitative estimate of drug-likeness (QED) is 0.247. The summed E-state index contributed by atoms with van der Waals surface area (Å²) < 4.78 is 5.35. The van der Waals surface area contributed by atoms with Crippen molar-refractivity contribution >= 4 is 11.7 Å². The molecule has 3 N–H and O–H groups in total. The number of ether oxygens (including phenoxy) is 1. The lowest BCUT2D eigenvalue weighted by molar-refractivity contribution is -0.144. The Morgan fingerprint density at radius 3 is 2.48 bits per heavy atom. The zero-order chi connectivity index (χ0) is 15.9. The van der Waals surface area contributed by atoms with Gasteiger partial charge < -0.3 is 20.6 Å². The zero-order valence-electron chi connectivity index (χ0n) is 13.5. The first-order chi connectivity index (χ1) is 9.99. The third-order valence-corrected chi connectivity index (χ3v) is 4.24. The highest BCUT2D eigenvalue weighted by Gasteiger charge is 2.47. The van der Waals surface area contributed by atoms with Crippen LogP contribution in [0.2, 0.25) is 0 Å². The summed E-state index contributed by atoms with van der Waals surface area (Å²) in [5.74, 6) is -0.0239. The lowest BCUT2D eigenvalue weighted by atomic mass is 9.77. The molecular formula is C15H29N3O3. The van der Waals surface area contributed by atoms with Crippen LogP contribution in [0.15, 0.2) is 5.16 Å². The Hall–Kier alpha value is -1.30. The average Bonchev–Trinajstić information content (AvgIpc) is 2.50. The van der Waals surface area contributed by atoms with Gasteiger partial charge in [0.25, 0.3) is 0 Å². The van der Waals surface area contributed by atoms with Gasteiger partial charge in [0.1, 0.15) is 5.41 Å². The average molecular weight is 299 g/mol. The van der Waals surface area contributed by atoms with Crippen molar-refractivity contribution in [3.63, 3.8) is 0 Å². The van der Waals surface area contributed by atoms with Gasteiger partial charge in [-0.1, -0.05) is 24.9 Å². The van der Waals surface area contributed by atoms with Gasteiger partial charge in [-0.3, -0.25) is 4.79 Å². The fourth-order valence-corrected chi connectivity index (χ4v) is 2.80. The SMILES string of the molecule is CCCCCN(C(=O)C1(C(N)=NO)CCOCC1)C(C)C. The number of hydrogen-bond donors (Lipinski definition) is 2. The zero-order valence-corrected chi connectivity index (χ0v) is 13.5. The molecule has 21 heavy (non-hydrogen) atoms. The molecule has 0 bridgehead atoms. The summed E-state index contributed by atoms with van der Waals surface area (Å²) in [7, 11) is 0. The predicted octanol–water partition coefficient (Wildman–Crippen LogP) is 1.96. The van der Waals surface area contributed by atoms with Crippen LogP contribution in [-0.2, 0) is 9.53 Å². The maximum Gasteiger partial charge on any atom is 0.236 e. The third kappa shape index (κ3) is 4.09. The molecule has 6 heteroatoms. The number of hydrogen-bond acceptors (Lipinski definition) is 4. The predicted molar refractivity (Wildman–Crippen MR) is 82.3 cm³/mol. The number of amidine groups is 1. The van der Waals surface area contributed by atoms with Gasteiger partial charge in [0.15, 0.2) is 5.84 Å². The second-order valence-electron chi connectivity index (χ2n) is 5.98. The Morgan fingerprint density at radius 2 is 2.00 bits per heavy atom. The number of carbonyl (C=O) groups is 1. The second-order valence-corrected chi connectivity index (χ2v) is 5.98. The summed E-state index contributed by atoms with van der Waals surface area (Å²) in [4.78, 5) is 14.9. The van der Waals surface area contributed by atoms with Crippen molar-refractivity contribution in [2.24, 2.45) is 16.3 Å². The van der Waals surface area contributed by atoms with E-state index in [4.69, 9.17) is 15.7 Å². The molecule has 1 saturated heterocycles. The van der Waals surface area contributed by atoms with E-state index in [1.54, 1.807) is 0 Å². The second kappa shape index (κ2) is 8.22. The van der Waals surface area contributed by atoms with Gasteiger partial charge in [0.05, 0.1) is 0 Å². The van der Waals surface area contributed by atoms with Crippen molar-refractivity contribution in [2.45, 2.75) is 58.9 Å². The van der Waals surface area contributed by atoms with Crippen molar-refractivity contribution in [1.82, 2.24) is 4.90 Å². The van der Waals surface area contributed by atoms with E-state index < -0.39 is 5.41 Å². The Morgan fingerprint density at radius 1 is 1.38 bits per heavy atom. The molecule has 1 aliphatic rings. The van der Waals surface area contributed by atoms with E-state index in [0.717, 1.165) is 19.3 Å². The number of nitrogens with two attached hydrogens (primary N) is 1. The maximum absolute atomic E-state index is 13.1. The van der Waals surface area contributed by atoms with Gasteiger partial charge in [0.2, 0.25) is 5.91 Å². The summed E-state index contributed by atoms with van der Waals surface area (Å²) in [6, 6.07) is 0.0977. The molecule has 122 valence electrons. The molecule has 1 heterocycles. The lowest BCUT2D eigenvalue weighted by Gasteiger charge is -2.40. The standard InChI is InChI=1S/C15H29N3O3/c1-4-5-6-9-18(12(2)3)14(19)15(13(16)17-20)7-10-21-11-8-15/h12,20H,4-11H2,1-3H3,(H2,16,17). The van der Waals surface area contributed by atoms with Gasteiger partial charge in [-0.2, -0.15) is 0 Å². The summed E-state index contributed by atoms with van der Waals surface area (Å²) in [6.45, 7) is 7.78. The van der Waals surface area contributed by atoms with Gasteiger partial charge in [-0.15, -0.1) is 0 Å². The highest BCUT2D eigenvalue weighted by Crippen LogP contribution is 2.34. The summed E-state index contributed by atoms with van der Waals surface area (Å²) in [6.07, 6.45) is 4.12. The Bertz CT molecular complexity index is 363. The number of unbranched alkanes of at least 4 members (excludes halogenated alkanes) is 2. The molecule has 0 atom stereocenters. The Kier molecular flexibility index (Phi) is 6.95. The van der Waals surface area contributed by atoms with E-state index in [2.05, 4.69) is 12.1 Å². The van der Waals surface area contributed by atoms with E-state index in [-0.39, 0.29) is 17.8 Å². The van der Waals surface area contributed by atoms with Crippen molar-refractivity contribution in [3.05, 3.63) is 0 Å². The van der Waals surface area contributed by atoms with E-state index >= 15 is 0 Å². The van der Waals surface area contributed by atoms with Gasteiger partial charge >= 0.3 is 0 Å². The number of rotatable bonds is 7. The van der Waals surface area contributed by atoms with Gasteiger partial charge in [-0.05, 0) is 33.1 Å². The van der Waals surface area contributed by atoms with Crippen LogP contribution in [0.1, 0.15) is 52.9 Å². The van der Waals surface area contributed by atoms with Crippen LogP contribution in [0.25, 0.3) is 0 Å². The Balaban J connectivity index is 2.95. The maximum atomic E-state index is 13.1. The van der Waals surface area contributed by atoms with Crippen LogP contribution in [0.4, 0.5) is 0 Å². The first-order valence-corrected chi connectivity index (χ1v) is 7.86. The molecule has 0 aliphatic carbocycles. The van der Waals surface area contributed by atoms with Crippen molar-refractivity contribution in [2.75, 3.05) is 19.8 Å². The normalized spacial score (nSPS) is 18.8. The molecule has 0 unspecified atom stereocenters. The molecule has 1 fully saturated rings. The minimum atomic E-state index is -0.913. The summed E-state index contributed by atoms with van der Waals surface area (Å²) >= 11 is 0. The van der Waals surface area contributed by atoms with E-state index in [9.17, 15) is 4.79 Å². The summed E-state index contributed by atoms with van der Waals surface area (Å²) in [5.41, 5.74) is 4.96. The molecule has 1 rings (SSSR count). The minimum absolute atomic E-state index is 0.0111. The fourth-order valence-electron chi connectivity index (χ4n) is 2.80. The molecule has 0 spiro atoms. The molecule has 0 aromatic rings. The highest BCUT2D eigenvalue weighted by molar-refractivity contribution is 6.06. The van der Waals surface area contributed by atoms with Crippen LogP contribution in [-0.4, -0.2) is 47.7 Å². The highest BCUT2D eigenvalue weighted by atomic mass is 16.5. The molecule has 1 aliphatic heterocycles. The Labute approximate surface area is 127 Å². The molecule has 1 amide bonds. The molecule has 0 aromatic carbocycles. The van der Waals surface area contributed by atoms with Crippen LogP contribution < -0.4 is 5.73 Å². The first kappa shape index (κ1) is 17.8. The van der Waals surface area contributed by atoms with Crippen molar-refractivity contribution < 1.29 is 14.7 Å². The number of nitrogens with zero attached hydrogens (tertiary/aromatic N) is 2. The van der Waals surface area contributed by atoms with Crippen LogP contribution in [0, 0.1) is 5.41 Å². The van der Waals surface area contributed by atoms with Crippen LogP contribution in [0.5, 0.6) is 0 Å². The molecular weight excluding hydrogens is 270 g/mol. The molecule has 6 nitrogen and oxygen atoms in total. The topological polar surface area (TPSA) is 88.2 Å². The minimum Gasteiger partial charge on any atom is -0.409 e. The van der Waals surface area contributed by atoms with Crippen molar-refractivity contribution in [3.8, 4) is 0 Å². The number of carbonyl (C=O) groups excluding carboxylic acids is 1. The number of amides is 1. The molecule has 0 saturated carbocycles. The number of oxime groups is 1. The fraction of sp³-hybridized carbons (Fsp3) is 0.867. The van der Waals surface area contributed by atoms with Crippen LogP contribution >= 0.6 is 0 Å². The third-order valence-electron chi connectivity index (χ3n) is 4.24. The van der Waals surface area contributed by atoms with Crippen molar-refractivity contribution in [1.29, 1.82) is 0 Å². The van der Waals surface area contributed by atoms with Crippen LogP contribution in [0.3, 0.4) is 0 Å². The summed E-state index contributed by atoms with van der Waals surface area (Å²) in [5, 5.41) is 12.2.